The lowest BCUT2D eigenvalue weighted by molar-refractivity contribution is 0.469. The van der Waals surface area contributed by atoms with Crippen LogP contribution in [0.1, 0.15) is 36.9 Å². The molecule has 0 aliphatic carbocycles. The molecule has 0 amide bonds. The van der Waals surface area contributed by atoms with Crippen LogP contribution >= 0.6 is 11.3 Å². The van der Waals surface area contributed by atoms with Crippen molar-refractivity contribution >= 4 is 11.3 Å². The van der Waals surface area contributed by atoms with Crippen LogP contribution in [0, 0.1) is 12.7 Å². The zero-order valence-corrected chi connectivity index (χ0v) is 12.7. The van der Waals surface area contributed by atoms with E-state index in [0.717, 1.165) is 34.6 Å². The van der Waals surface area contributed by atoms with Crippen LogP contribution in [0.4, 0.5) is 4.39 Å². The predicted octanol–water partition coefficient (Wildman–Crippen LogP) is 4.02. The van der Waals surface area contributed by atoms with Gasteiger partial charge in [-0.15, -0.1) is 11.3 Å². The summed E-state index contributed by atoms with van der Waals surface area (Å²) >= 11 is 1.54. The van der Waals surface area contributed by atoms with Crippen molar-refractivity contribution in [3.8, 4) is 16.3 Å². The molecule has 1 heterocycles. The number of halogens is 1. The average molecular weight is 294 g/mol. The summed E-state index contributed by atoms with van der Waals surface area (Å²) in [4.78, 5) is 5.64. The zero-order valence-electron chi connectivity index (χ0n) is 11.9. The molecule has 0 saturated heterocycles. The molecular formula is C15H19FN2OS. The molecule has 0 aliphatic rings. The van der Waals surface area contributed by atoms with Gasteiger partial charge in [0.15, 0.2) is 0 Å². The van der Waals surface area contributed by atoms with Gasteiger partial charge in [-0.2, -0.15) is 0 Å². The Balaban J connectivity index is 2.30. The van der Waals surface area contributed by atoms with Crippen LogP contribution in [0.3, 0.4) is 0 Å². The second-order valence-corrected chi connectivity index (χ2v) is 5.87. The smallest absolute Gasteiger partial charge is 0.127 e. The van der Waals surface area contributed by atoms with Crippen molar-refractivity contribution in [2.45, 2.75) is 33.2 Å². The topological polar surface area (TPSA) is 45.1 Å². The van der Waals surface area contributed by atoms with E-state index in [1.807, 2.05) is 6.92 Å². The standard InChI is InChI=1S/C15H19FN2OS/c1-4-5-17-9(2)14-10(3)18-15(20-14)11-6-12(16)8-13(19)7-11/h6-9,17,19H,4-5H2,1-3H3. The van der Waals surface area contributed by atoms with Gasteiger partial charge in [0, 0.05) is 22.5 Å². The highest BCUT2D eigenvalue weighted by atomic mass is 32.1. The highest BCUT2D eigenvalue weighted by molar-refractivity contribution is 7.15. The number of phenolic OH excluding ortho intramolecular Hbond substituents is 1. The molecule has 20 heavy (non-hydrogen) atoms. The normalized spacial score (nSPS) is 12.6. The molecule has 3 nitrogen and oxygen atoms in total. The number of aromatic nitrogens is 1. The van der Waals surface area contributed by atoms with Gasteiger partial charge >= 0.3 is 0 Å². The maximum atomic E-state index is 13.4. The molecule has 1 unspecified atom stereocenters. The first-order chi connectivity index (χ1) is 9.51. The van der Waals surface area contributed by atoms with Gasteiger partial charge in [-0.1, -0.05) is 6.92 Å². The molecule has 0 radical (unpaired) electrons. The molecule has 2 rings (SSSR count). The molecule has 1 aromatic carbocycles. The Morgan fingerprint density at radius 3 is 2.80 bits per heavy atom. The van der Waals surface area contributed by atoms with Crippen molar-refractivity contribution in [3.63, 3.8) is 0 Å². The van der Waals surface area contributed by atoms with Crippen LogP contribution < -0.4 is 5.32 Å². The summed E-state index contributed by atoms with van der Waals surface area (Å²) in [6, 6.07) is 4.25. The monoisotopic (exact) mass is 294 g/mol. The van der Waals surface area contributed by atoms with Gasteiger partial charge in [-0.3, -0.25) is 0 Å². The van der Waals surface area contributed by atoms with Crippen molar-refractivity contribution in [2.24, 2.45) is 0 Å². The van der Waals surface area contributed by atoms with Gasteiger partial charge in [0.05, 0.1) is 5.69 Å². The number of phenols is 1. The number of aryl methyl sites for hydroxylation is 1. The number of hydrogen-bond acceptors (Lipinski definition) is 4. The minimum Gasteiger partial charge on any atom is -0.508 e. The highest BCUT2D eigenvalue weighted by Gasteiger charge is 2.15. The molecular weight excluding hydrogens is 275 g/mol. The van der Waals surface area contributed by atoms with Crippen LogP contribution in [0.25, 0.3) is 10.6 Å². The molecule has 0 saturated carbocycles. The lowest BCUT2D eigenvalue weighted by Gasteiger charge is -2.11. The summed E-state index contributed by atoms with van der Waals surface area (Å²) in [7, 11) is 0. The van der Waals surface area contributed by atoms with E-state index in [1.165, 1.54) is 23.5 Å². The van der Waals surface area contributed by atoms with E-state index in [2.05, 4.69) is 24.1 Å². The molecule has 0 aliphatic heterocycles. The predicted molar refractivity (Wildman–Crippen MR) is 80.6 cm³/mol. The second kappa shape index (κ2) is 6.33. The van der Waals surface area contributed by atoms with Gasteiger partial charge in [-0.05, 0) is 38.9 Å². The Kier molecular flexibility index (Phi) is 4.73. The van der Waals surface area contributed by atoms with Crippen LogP contribution in [-0.4, -0.2) is 16.6 Å². The summed E-state index contributed by atoms with van der Waals surface area (Å²) in [5, 5.41) is 13.6. The minimum absolute atomic E-state index is 0.0773. The summed E-state index contributed by atoms with van der Waals surface area (Å²) in [6.45, 7) is 7.14. The van der Waals surface area contributed by atoms with Gasteiger partial charge in [-0.25, -0.2) is 9.37 Å². The Labute approximate surface area is 122 Å². The fourth-order valence-corrected chi connectivity index (χ4v) is 3.16. The molecule has 108 valence electrons. The van der Waals surface area contributed by atoms with Crippen LogP contribution in [0.2, 0.25) is 0 Å². The fraction of sp³-hybridized carbons (Fsp3) is 0.400. The van der Waals surface area contributed by atoms with Crippen LogP contribution in [0.15, 0.2) is 18.2 Å². The summed E-state index contributed by atoms with van der Waals surface area (Å²) in [6.07, 6.45) is 1.08. The summed E-state index contributed by atoms with van der Waals surface area (Å²) in [5.74, 6) is -0.530. The largest absolute Gasteiger partial charge is 0.508 e. The van der Waals surface area contributed by atoms with Crippen molar-refractivity contribution in [3.05, 3.63) is 34.6 Å². The van der Waals surface area contributed by atoms with E-state index in [0.29, 0.717) is 5.56 Å². The third kappa shape index (κ3) is 3.35. The molecule has 0 bridgehead atoms. The van der Waals surface area contributed by atoms with Gasteiger partial charge in [0.1, 0.15) is 16.6 Å². The Bertz CT molecular complexity index is 577. The third-order valence-electron chi connectivity index (χ3n) is 3.06. The number of nitrogens with one attached hydrogen (secondary N) is 1. The van der Waals surface area contributed by atoms with E-state index in [-0.39, 0.29) is 11.8 Å². The molecule has 1 aromatic heterocycles. The van der Waals surface area contributed by atoms with Crippen molar-refractivity contribution < 1.29 is 9.50 Å². The summed E-state index contributed by atoms with van der Waals surface area (Å²) in [5.41, 5.74) is 1.56. The number of thiazole rings is 1. The van der Waals surface area contributed by atoms with Crippen molar-refractivity contribution in [1.29, 1.82) is 0 Å². The number of aromatic hydroxyl groups is 1. The Morgan fingerprint density at radius 2 is 2.15 bits per heavy atom. The lowest BCUT2D eigenvalue weighted by atomic mass is 10.2. The average Bonchev–Trinajstić information content (AvgIpc) is 2.77. The zero-order chi connectivity index (χ0) is 14.7. The van der Waals surface area contributed by atoms with E-state index < -0.39 is 5.82 Å². The Morgan fingerprint density at radius 1 is 1.40 bits per heavy atom. The lowest BCUT2D eigenvalue weighted by Crippen LogP contribution is -2.18. The number of nitrogens with zero attached hydrogens (tertiary/aromatic N) is 1. The maximum absolute atomic E-state index is 13.4. The molecule has 2 aromatic rings. The molecule has 1 atom stereocenters. The third-order valence-corrected chi connectivity index (χ3v) is 4.44. The van der Waals surface area contributed by atoms with Gasteiger partial charge < -0.3 is 10.4 Å². The van der Waals surface area contributed by atoms with Crippen molar-refractivity contribution in [2.75, 3.05) is 6.54 Å². The second-order valence-electron chi connectivity index (χ2n) is 4.84. The number of hydrogen-bond donors (Lipinski definition) is 2. The van der Waals surface area contributed by atoms with E-state index in [1.54, 1.807) is 0 Å². The molecule has 0 fully saturated rings. The van der Waals surface area contributed by atoms with Crippen LogP contribution in [0.5, 0.6) is 5.75 Å². The molecule has 2 N–H and O–H groups in total. The SMILES string of the molecule is CCCNC(C)c1sc(-c2cc(O)cc(F)c2)nc1C. The number of benzene rings is 1. The summed E-state index contributed by atoms with van der Waals surface area (Å²) < 4.78 is 13.4. The maximum Gasteiger partial charge on any atom is 0.127 e. The highest BCUT2D eigenvalue weighted by Crippen LogP contribution is 2.33. The van der Waals surface area contributed by atoms with Gasteiger partial charge in [0.25, 0.3) is 0 Å². The van der Waals surface area contributed by atoms with Crippen molar-refractivity contribution in [1.82, 2.24) is 10.3 Å². The first-order valence-corrected chi connectivity index (χ1v) is 7.53. The minimum atomic E-state index is -0.452. The van der Waals surface area contributed by atoms with E-state index in [4.69, 9.17) is 0 Å². The molecule has 0 spiro atoms. The Hall–Kier alpha value is -1.46. The number of rotatable bonds is 5. The van der Waals surface area contributed by atoms with E-state index in [9.17, 15) is 9.50 Å². The first-order valence-electron chi connectivity index (χ1n) is 6.72. The van der Waals surface area contributed by atoms with Gasteiger partial charge in [0.2, 0.25) is 0 Å². The van der Waals surface area contributed by atoms with Crippen LogP contribution in [-0.2, 0) is 0 Å². The quantitative estimate of drug-likeness (QED) is 0.875. The van der Waals surface area contributed by atoms with E-state index >= 15 is 0 Å². The fourth-order valence-electron chi connectivity index (χ4n) is 2.08. The first kappa shape index (κ1) is 14.9. The molecule has 5 heteroatoms.